The van der Waals surface area contributed by atoms with Gasteiger partial charge in [-0.1, -0.05) is 0 Å². The first kappa shape index (κ1) is 15.7. The Labute approximate surface area is 120 Å². The summed E-state index contributed by atoms with van der Waals surface area (Å²) in [7, 11) is 0. The van der Waals surface area contributed by atoms with Gasteiger partial charge in [0.15, 0.2) is 0 Å². The van der Waals surface area contributed by atoms with E-state index in [4.69, 9.17) is 4.74 Å². The van der Waals surface area contributed by atoms with Gasteiger partial charge >= 0.3 is 6.61 Å². The highest BCUT2D eigenvalue weighted by molar-refractivity contribution is 5.94. The van der Waals surface area contributed by atoms with Gasteiger partial charge in [0.25, 0.3) is 5.91 Å². The van der Waals surface area contributed by atoms with Crippen molar-refractivity contribution in [2.24, 2.45) is 0 Å². The highest BCUT2D eigenvalue weighted by atomic mass is 19.3. The summed E-state index contributed by atoms with van der Waals surface area (Å²) in [5.74, 6) is -0.376. The van der Waals surface area contributed by atoms with Gasteiger partial charge in [0.05, 0.1) is 12.1 Å². The number of carbonyl (C=O) groups is 1. The average Bonchev–Trinajstić information content (AvgIpc) is 2.48. The molecule has 7 heteroatoms. The second kappa shape index (κ2) is 6.82. The van der Waals surface area contributed by atoms with Crippen LogP contribution in [0.1, 0.15) is 23.2 Å². The van der Waals surface area contributed by atoms with Crippen LogP contribution in [0.25, 0.3) is 0 Å². The molecule has 0 aromatic heterocycles. The topological polar surface area (TPSA) is 67.8 Å². The van der Waals surface area contributed by atoms with E-state index < -0.39 is 12.2 Å². The summed E-state index contributed by atoms with van der Waals surface area (Å²) in [6.07, 6.45) is 1.06. The van der Waals surface area contributed by atoms with E-state index >= 15 is 0 Å². The Morgan fingerprint density at radius 3 is 2.48 bits per heavy atom. The third-order valence-corrected chi connectivity index (χ3v) is 3.47. The second-order valence-corrected chi connectivity index (χ2v) is 4.91. The van der Waals surface area contributed by atoms with Crippen LogP contribution in [0.15, 0.2) is 24.3 Å². The smallest absolute Gasteiger partial charge is 0.387 e. The van der Waals surface area contributed by atoms with Crippen LogP contribution >= 0.6 is 0 Å². The van der Waals surface area contributed by atoms with E-state index in [2.05, 4.69) is 10.1 Å². The molecule has 1 heterocycles. The van der Waals surface area contributed by atoms with E-state index in [1.807, 2.05) is 0 Å². The number of hydrogen-bond acceptors (Lipinski definition) is 4. The minimum Gasteiger partial charge on any atom is -0.435 e. The summed E-state index contributed by atoms with van der Waals surface area (Å²) in [5.41, 5.74) is -0.371. The quantitative estimate of drug-likeness (QED) is 0.866. The summed E-state index contributed by atoms with van der Waals surface area (Å²) < 4.78 is 33.5. The molecule has 21 heavy (non-hydrogen) atoms. The van der Waals surface area contributed by atoms with Crippen molar-refractivity contribution in [2.75, 3.05) is 19.8 Å². The molecule has 116 valence electrons. The number of benzene rings is 1. The van der Waals surface area contributed by atoms with E-state index in [0.717, 1.165) is 0 Å². The van der Waals surface area contributed by atoms with E-state index in [-0.39, 0.29) is 18.3 Å². The summed E-state index contributed by atoms with van der Waals surface area (Å²) in [6.45, 7) is -2.12. The Morgan fingerprint density at radius 2 is 1.95 bits per heavy atom. The molecule has 0 aliphatic carbocycles. The van der Waals surface area contributed by atoms with Crippen molar-refractivity contribution in [3.05, 3.63) is 29.8 Å². The molecular formula is C14H17F2NO4. The summed E-state index contributed by atoms with van der Waals surface area (Å²) in [5, 5.41) is 12.3. The fraction of sp³-hybridized carbons (Fsp3) is 0.500. The van der Waals surface area contributed by atoms with Crippen LogP contribution in [0.3, 0.4) is 0 Å². The van der Waals surface area contributed by atoms with Gasteiger partial charge < -0.3 is 19.9 Å². The van der Waals surface area contributed by atoms with Crippen LogP contribution in [0.5, 0.6) is 5.75 Å². The predicted octanol–water partition coefficient (Wildman–Crippen LogP) is 1.56. The molecule has 1 amide bonds. The Kier molecular flexibility index (Phi) is 5.08. The van der Waals surface area contributed by atoms with E-state index in [0.29, 0.717) is 31.6 Å². The lowest BCUT2D eigenvalue weighted by Gasteiger charge is -2.36. The molecule has 1 aromatic rings. The Bertz CT molecular complexity index is 472. The van der Waals surface area contributed by atoms with Crippen molar-refractivity contribution in [1.82, 2.24) is 5.32 Å². The van der Waals surface area contributed by atoms with Crippen molar-refractivity contribution in [2.45, 2.75) is 25.0 Å². The maximum absolute atomic E-state index is 12.2. The maximum Gasteiger partial charge on any atom is 0.387 e. The van der Waals surface area contributed by atoms with Crippen LogP contribution in [-0.4, -0.2) is 43.0 Å². The van der Waals surface area contributed by atoms with Gasteiger partial charge in [-0.15, -0.1) is 0 Å². The van der Waals surface area contributed by atoms with Gasteiger partial charge in [0.2, 0.25) is 0 Å². The molecule has 1 saturated heterocycles. The molecule has 0 spiro atoms. The fourth-order valence-corrected chi connectivity index (χ4v) is 2.19. The van der Waals surface area contributed by atoms with Gasteiger partial charge in [-0.3, -0.25) is 4.79 Å². The average molecular weight is 301 g/mol. The summed E-state index contributed by atoms with van der Waals surface area (Å²) >= 11 is 0. The molecule has 0 unspecified atom stereocenters. The van der Waals surface area contributed by atoms with E-state index in [1.54, 1.807) is 0 Å². The Morgan fingerprint density at radius 1 is 1.33 bits per heavy atom. The zero-order chi connectivity index (χ0) is 15.3. The predicted molar refractivity (Wildman–Crippen MR) is 70.4 cm³/mol. The summed E-state index contributed by atoms with van der Waals surface area (Å²) in [4.78, 5) is 12.2. The molecule has 0 bridgehead atoms. The third-order valence-electron chi connectivity index (χ3n) is 3.47. The number of rotatable bonds is 5. The number of aliphatic hydroxyl groups is 1. The first-order chi connectivity index (χ1) is 10.0. The lowest BCUT2D eigenvalue weighted by Crippen LogP contribution is -2.54. The molecule has 1 aliphatic rings. The minimum absolute atomic E-state index is 0.00973. The lowest BCUT2D eigenvalue weighted by atomic mass is 9.90. The third kappa shape index (κ3) is 4.12. The molecule has 2 N–H and O–H groups in total. The number of ether oxygens (including phenoxy) is 2. The van der Waals surface area contributed by atoms with Gasteiger partial charge in [0.1, 0.15) is 5.75 Å². The number of amides is 1. The molecule has 0 atom stereocenters. The molecule has 1 aliphatic heterocycles. The number of halogens is 2. The van der Waals surface area contributed by atoms with Crippen LogP contribution in [0.2, 0.25) is 0 Å². The normalized spacial score (nSPS) is 17.5. The lowest BCUT2D eigenvalue weighted by molar-refractivity contribution is -0.0498. The zero-order valence-electron chi connectivity index (χ0n) is 11.4. The van der Waals surface area contributed by atoms with Crippen molar-refractivity contribution < 1.29 is 28.2 Å². The number of hydrogen-bond donors (Lipinski definition) is 2. The van der Waals surface area contributed by atoms with Crippen molar-refractivity contribution in [3.63, 3.8) is 0 Å². The molecule has 0 saturated carbocycles. The van der Waals surface area contributed by atoms with Gasteiger partial charge in [-0.2, -0.15) is 8.78 Å². The fourth-order valence-electron chi connectivity index (χ4n) is 2.19. The van der Waals surface area contributed by atoms with Crippen molar-refractivity contribution >= 4 is 5.91 Å². The number of aliphatic hydroxyl groups excluding tert-OH is 1. The highest BCUT2D eigenvalue weighted by Crippen LogP contribution is 2.21. The summed E-state index contributed by atoms with van der Waals surface area (Å²) in [6, 6.07) is 5.41. The van der Waals surface area contributed by atoms with Gasteiger partial charge in [0, 0.05) is 18.8 Å². The highest BCUT2D eigenvalue weighted by Gasteiger charge is 2.33. The standard InChI is InChI=1S/C14H17F2NO4/c15-13(16)21-11-3-1-10(2-4-11)12(19)17-14(9-18)5-7-20-8-6-14/h1-4,13,18H,5-9H2,(H,17,19). The Balaban J connectivity index is 2.02. The van der Waals surface area contributed by atoms with Crippen LogP contribution in [0.4, 0.5) is 8.78 Å². The van der Waals surface area contributed by atoms with Gasteiger partial charge in [-0.05, 0) is 37.1 Å². The molecule has 1 fully saturated rings. The van der Waals surface area contributed by atoms with Gasteiger partial charge in [-0.25, -0.2) is 0 Å². The first-order valence-electron chi connectivity index (χ1n) is 6.61. The number of nitrogens with one attached hydrogen (secondary N) is 1. The van der Waals surface area contributed by atoms with Crippen molar-refractivity contribution in [1.29, 1.82) is 0 Å². The monoisotopic (exact) mass is 301 g/mol. The van der Waals surface area contributed by atoms with E-state index in [1.165, 1.54) is 24.3 Å². The molecule has 2 rings (SSSR count). The number of carbonyl (C=O) groups excluding carboxylic acids is 1. The zero-order valence-corrected chi connectivity index (χ0v) is 11.4. The van der Waals surface area contributed by atoms with Crippen LogP contribution in [0, 0.1) is 0 Å². The Hall–Kier alpha value is -1.73. The second-order valence-electron chi connectivity index (χ2n) is 4.91. The first-order valence-corrected chi connectivity index (χ1v) is 6.61. The van der Waals surface area contributed by atoms with Crippen LogP contribution < -0.4 is 10.1 Å². The molecule has 0 radical (unpaired) electrons. The molecular weight excluding hydrogens is 284 g/mol. The SMILES string of the molecule is O=C(NC1(CO)CCOCC1)c1ccc(OC(F)F)cc1. The molecule has 5 nitrogen and oxygen atoms in total. The van der Waals surface area contributed by atoms with E-state index in [9.17, 15) is 18.7 Å². The minimum atomic E-state index is -2.90. The van der Waals surface area contributed by atoms with Crippen molar-refractivity contribution in [3.8, 4) is 5.75 Å². The number of alkyl halides is 2. The van der Waals surface area contributed by atoms with Crippen LogP contribution in [-0.2, 0) is 4.74 Å². The molecule has 1 aromatic carbocycles. The largest absolute Gasteiger partial charge is 0.435 e. The maximum atomic E-state index is 12.2.